The van der Waals surface area contributed by atoms with Crippen molar-refractivity contribution < 1.29 is 13.5 Å². The van der Waals surface area contributed by atoms with Crippen LogP contribution in [-0.4, -0.2) is 16.7 Å². The number of aryl methyl sites for hydroxylation is 6. The summed E-state index contributed by atoms with van der Waals surface area (Å²) in [5.41, 5.74) is 12.3. The summed E-state index contributed by atoms with van der Waals surface area (Å²) in [6.07, 6.45) is 5.26. The Labute approximate surface area is 244 Å². The zero-order valence-corrected chi connectivity index (χ0v) is 27.1. The van der Waals surface area contributed by atoms with E-state index in [4.69, 9.17) is 19.4 Å². The van der Waals surface area contributed by atoms with E-state index in [2.05, 4.69) is 82.3 Å². The second kappa shape index (κ2) is 13.6. The predicted octanol–water partition coefficient (Wildman–Crippen LogP) is 9.51. The van der Waals surface area contributed by atoms with Crippen molar-refractivity contribution in [3.63, 3.8) is 0 Å². The number of nitrogens with zero attached hydrogens (tertiary/aromatic N) is 2. The quantitative estimate of drug-likeness (QED) is 0.208. The molecule has 5 rings (SSSR count). The summed E-state index contributed by atoms with van der Waals surface area (Å²) in [6, 6.07) is 20.4. The third-order valence-electron chi connectivity index (χ3n) is 7.44. The second-order valence-corrected chi connectivity index (χ2v) is 16.3. The molecule has 1 heterocycles. The van der Waals surface area contributed by atoms with Crippen LogP contribution in [0.1, 0.15) is 64.6 Å². The molecule has 0 spiro atoms. The first-order valence-electron chi connectivity index (χ1n) is 13.1. The van der Waals surface area contributed by atoms with Gasteiger partial charge in [-0.3, -0.25) is 0 Å². The molecule has 1 aliphatic heterocycles. The molecular weight excluding hydrogens is 596 g/mol. The molecule has 0 amide bonds. The van der Waals surface area contributed by atoms with Gasteiger partial charge in [-0.05, 0) is 76.6 Å². The molecule has 3 aromatic rings. The van der Waals surface area contributed by atoms with E-state index >= 15 is 0 Å². The molecule has 2 aliphatic rings. The van der Waals surface area contributed by atoms with Gasteiger partial charge in [0.25, 0.3) is 0 Å². The van der Waals surface area contributed by atoms with Crippen LogP contribution in [0.5, 0.6) is 0 Å². The summed E-state index contributed by atoms with van der Waals surface area (Å²) >= 11 is -1.61. The molecule has 1 aliphatic carbocycles. The van der Waals surface area contributed by atoms with E-state index in [9.17, 15) is 0 Å². The third-order valence-corrected chi connectivity index (χ3v) is 9.31. The number of rotatable bonds is 3. The topological polar surface area (TPSA) is 6.48 Å². The third kappa shape index (κ3) is 7.09. The number of fused-ring (bicyclic) bond motifs is 1. The van der Waals surface area contributed by atoms with Crippen LogP contribution in [0.4, 0.5) is 11.4 Å². The van der Waals surface area contributed by atoms with Crippen molar-refractivity contribution in [3.8, 4) is 0 Å². The molecule has 3 aromatic carbocycles. The molecule has 1 saturated carbocycles. The summed E-state index contributed by atoms with van der Waals surface area (Å²) in [5, 5.41) is 0. The zero-order chi connectivity index (χ0) is 26.7. The molecular formula is C33H42Cl2N2Ru-2. The van der Waals surface area contributed by atoms with Gasteiger partial charge < -0.3 is 17.2 Å². The van der Waals surface area contributed by atoms with Gasteiger partial charge in [-0.25, -0.2) is 0 Å². The van der Waals surface area contributed by atoms with Crippen LogP contribution < -0.4 is 9.80 Å². The van der Waals surface area contributed by atoms with E-state index < -0.39 is 13.5 Å². The predicted molar refractivity (Wildman–Crippen MR) is 166 cm³/mol. The van der Waals surface area contributed by atoms with E-state index in [1.54, 1.807) is 0 Å². The first-order valence-corrected chi connectivity index (χ1v) is 18.6. The van der Waals surface area contributed by atoms with Crippen LogP contribution in [0.15, 0.2) is 54.6 Å². The van der Waals surface area contributed by atoms with Gasteiger partial charge in [0.1, 0.15) is 0 Å². The maximum absolute atomic E-state index is 5.67. The standard InChI is InChI=1S/C25H33N2.C7H6.CH3.2ClH.Ru/c1-16-11-18(3)24(19(4)12-16)26-15-27(23-10-8-7-9-22(23)26)25-20(5)13-17(2)14-21(25)6;1-7-5-3-2-4-6-7;;;;/h11-15,22-23H,7-10H2,1-6H3;1-6H;1H3;2*1H;/q-1;;-1;;;+2/p-2. The monoisotopic (exact) mass is 638 g/mol. The van der Waals surface area contributed by atoms with Crippen LogP contribution in [-0.2, 0) is 13.5 Å². The maximum atomic E-state index is 5.67. The van der Waals surface area contributed by atoms with E-state index in [1.165, 1.54) is 70.4 Å². The van der Waals surface area contributed by atoms with Crippen molar-refractivity contribution in [2.24, 2.45) is 0 Å². The van der Waals surface area contributed by atoms with Crippen LogP contribution in [0.3, 0.4) is 0 Å². The van der Waals surface area contributed by atoms with Gasteiger partial charge in [-0.1, -0.05) is 48.2 Å². The number of hydrogen-bond acceptors (Lipinski definition) is 2. The van der Waals surface area contributed by atoms with Gasteiger partial charge in [0.05, 0.1) is 0 Å². The second-order valence-electron chi connectivity index (χ2n) is 10.6. The van der Waals surface area contributed by atoms with Crippen LogP contribution in [0, 0.1) is 55.6 Å². The molecule has 2 atom stereocenters. The van der Waals surface area contributed by atoms with Crippen molar-refractivity contribution in [3.05, 3.63) is 108 Å². The first kappa shape index (κ1) is 30.9. The Morgan fingerprint density at radius 3 is 1.47 bits per heavy atom. The SMILES string of the molecule is Cc1cc(C)c(N2[CH-]N(c3c(C)cc(C)cc3C)C3CCCCC32)c(C)c1.[CH3-].[Cl][Ru]([Cl])=[CH]c1ccccc1. The number of hydrogen-bond donors (Lipinski definition) is 0. The zero-order valence-electron chi connectivity index (χ0n) is 23.8. The van der Waals surface area contributed by atoms with Gasteiger partial charge >= 0.3 is 73.4 Å². The minimum absolute atomic E-state index is 0. The van der Waals surface area contributed by atoms with Crippen LogP contribution in [0.25, 0.3) is 0 Å². The molecule has 0 radical (unpaired) electrons. The fraction of sp³-hybridized carbons (Fsp3) is 0.364. The Kier molecular flexibility index (Phi) is 11.1. The van der Waals surface area contributed by atoms with Crippen molar-refractivity contribution in [1.82, 2.24) is 0 Å². The fourth-order valence-corrected chi connectivity index (χ4v) is 8.09. The van der Waals surface area contributed by atoms with E-state index in [0.29, 0.717) is 12.1 Å². The average Bonchev–Trinajstić information content (AvgIpc) is 3.17. The molecule has 0 N–H and O–H groups in total. The Bertz CT molecular complexity index is 1150. The molecule has 2 unspecified atom stereocenters. The van der Waals surface area contributed by atoms with Gasteiger partial charge in [0, 0.05) is 23.5 Å². The number of benzene rings is 3. The number of halogens is 2. The molecule has 0 bridgehead atoms. The van der Waals surface area contributed by atoms with Crippen molar-refractivity contribution >= 4 is 35.4 Å². The van der Waals surface area contributed by atoms with Crippen molar-refractivity contribution in [2.75, 3.05) is 9.80 Å². The van der Waals surface area contributed by atoms with E-state index in [0.717, 1.165) is 5.56 Å². The fourth-order valence-electron chi connectivity index (χ4n) is 6.26. The molecule has 0 aromatic heterocycles. The Morgan fingerprint density at radius 1 is 0.711 bits per heavy atom. The van der Waals surface area contributed by atoms with Crippen LogP contribution in [0.2, 0.25) is 0 Å². The Balaban J connectivity index is 0.000000308. The normalized spacial score (nSPS) is 18.7. The van der Waals surface area contributed by atoms with Gasteiger partial charge in [-0.2, -0.15) is 6.67 Å². The van der Waals surface area contributed by atoms with Gasteiger partial charge in [-0.15, -0.1) is 0 Å². The molecule has 38 heavy (non-hydrogen) atoms. The molecule has 2 fully saturated rings. The summed E-state index contributed by atoms with van der Waals surface area (Å²) in [7, 11) is 11.3. The Morgan fingerprint density at radius 2 is 1.11 bits per heavy atom. The van der Waals surface area contributed by atoms with Gasteiger partial charge in [0.2, 0.25) is 0 Å². The number of anilines is 2. The summed E-state index contributed by atoms with van der Waals surface area (Å²) in [4.78, 5) is 5.21. The van der Waals surface area contributed by atoms with Crippen molar-refractivity contribution in [2.45, 2.75) is 79.3 Å². The van der Waals surface area contributed by atoms with Crippen LogP contribution >= 0.6 is 19.4 Å². The molecule has 1 saturated heterocycles. The van der Waals surface area contributed by atoms with E-state index in [1.807, 2.05) is 34.9 Å². The van der Waals surface area contributed by atoms with Gasteiger partial charge in [0.15, 0.2) is 0 Å². The van der Waals surface area contributed by atoms with Crippen molar-refractivity contribution in [1.29, 1.82) is 0 Å². The molecule has 208 valence electrons. The average molecular weight is 639 g/mol. The van der Waals surface area contributed by atoms with E-state index in [-0.39, 0.29) is 7.43 Å². The Hall–Kier alpha value is -1.67. The summed E-state index contributed by atoms with van der Waals surface area (Å²) in [6.45, 7) is 15.9. The minimum atomic E-state index is -1.61. The summed E-state index contributed by atoms with van der Waals surface area (Å²) in [5.74, 6) is 0. The molecule has 2 nitrogen and oxygen atoms in total. The first-order chi connectivity index (χ1) is 17.7. The molecule has 5 heteroatoms. The summed E-state index contributed by atoms with van der Waals surface area (Å²) < 4.78 is 1.92.